The summed E-state index contributed by atoms with van der Waals surface area (Å²) < 4.78 is 10.7. The van der Waals surface area contributed by atoms with Gasteiger partial charge in [-0.05, 0) is 29.7 Å². The van der Waals surface area contributed by atoms with Gasteiger partial charge in [-0.3, -0.25) is 9.59 Å². The average Bonchev–Trinajstić information content (AvgIpc) is 2.65. The highest BCUT2D eigenvalue weighted by Crippen LogP contribution is 2.27. The van der Waals surface area contributed by atoms with Gasteiger partial charge in [0.25, 0.3) is 5.91 Å². The summed E-state index contributed by atoms with van der Waals surface area (Å²) in [5.74, 6) is -0.400. The summed E-state index contributed by atoms with van der Waals surface area (Å²) in [7, 11) is 0. The van der Waals surface area contributed by atoms with Gasteiger partial charge in [0.1, 0.15) is 12.4 Å². The topological polar surface area (TPSA) is 64.6 Å². The van der Waals surface area contributed by atoms with Crippen LogP contribution in [-0.2, 0) is 27.3 Å². The lowest BCUT2D eigenvalue weighted by Crippen LogP contribution is -2.33. The third kappa shape index (κ3) is 4.51. The summed E-state index contributed by atoms with van der Waals surface area (Å²) in [5.41, 5.74) is 1.78. The molecule has 130 valence electrons. The van der Waals surface area contributed by atoms with Crippen molar-refractivity contribution in [1.82, 2.24) is 5.32 Å². The highest BCUT2D eigenvalue weighted by atomic mass is 35.5. The van der Waals surface area contributed by atoms with Crippen molar-refractivity contribution in [3.05, 3.63) is 64.7 Å². The summed E-state index contributed by atoms with van der Waals surface area (Å²) in [4.78, 5) is 24.0. The van der Waals surface area contributed by atoms with Gasteiger partial charge in [-0.1, -0.05) is 48.0 Å². The molecule has 0 bridgehead atoms. The smallest absolute Gasteiger partial charge is 0.313 e. The van der Waals surface area contributed by atoms with Crippen LogP contribution >= 0.6 is 11.6 Å². The minimum Gasteiger partial charge on any atom is -0.492 e. The second kappa shape index (κ2) is 8.03. The van der Waals surface area contributed by atoms with E-state index in [1.165, 1.54) is 0 Å². The van der Waals surface area contributed by atoms with Crippen molar-refractivity contribution < 1.29 is 19.1 Å². The van der Waals surface area contributed by atoms with Crippen molar-refractivity contribution in [2.75, 3.05) is 13.2 Å². The van der Waals surface area contributed by atoms with Gasteiger partial charge in [0.05, 0.1) is 5.92 Å². The number of carbonyl (C=O) groups is 2. The Morgan fingerprint density at radius 3 is 2.76 bits per heavy atom. The number of carbonyl (C=O) groups excluding carboxylic acids is 2. The fourth-order valence-electron chi connectivity index (χ4n) is 2.62. The van der Waals surface area contributed by atoms with Crippen LogP contribution in [0.1, 0.15) is 11.1 Å². The normalized spacial score (nSPS) is 15.6. The zero-order chi connectivity index (χ0) is 17.6. The number of ether oxygens (including phenoxy) is 2. The third-order valence-corrected chi connectivity index (χ3v) is 4.36. The molecule has 0 radical (unpaired) electrons. The zero-order valence-electron chi connectivity index (χ0n) is 13.5. The maximum Gasteiger partial charge on any atom is 0.313 e. The van der Waals surface area contributed by atoms with E-state index in [-0.39, 0.29) is 25.7 Å². The van der Waals surface area contributed by atoms with Crippen LogP contribution in [0.15, 0.2) is 48.5 Å². The molecule has 0 saturated carbocycles. The molecule has 0 spiro atoms. The van der Waals surface area contributed by atoms with Crippen LogP contribution in [0.3, 0.4) is 0 Å². The standard InChI is InChI=1S/C19H18ClNO4/c20-16-7-3-1-6-14(16)10-21-18(22)12-25-19(23)15-9-13-5-2-4-8-17(13)24-11-15/h1-8,15H,9-12H2,(H,21,22). The van der Waals surface area contributed by atoms with Crippen LogP contribution in [0.4, 0.5) is 0 Å². The zero-order valence-corrected chi connectivity index (χ0v) is 14.3. The Balaban J connectivity index is 1.45. The van der Waals surface area contributed by atoms with Crippen molar-refractivity contribution in [3.8, 4) is 5.75 Å². The van der Waals surface area contributed by atoms with Gasteiger partial charge in [0, 0.05) is 11.6 Å². The van der Waals surface area contributed by atoms with E-state index >= 15 is 0 Å². The van der Waals surface area contributed by atoms with E-state index in [2.05, 4.69) is 5.32 Å². The second-order valence-corrected chi connectivity index (χ2v) is 6.20. The molecular formula is C19H18ClNO4. The lowest BCUT2D eigenvalue weighted by atomic mass is 9.97. The largest absolute Gasteiger partial charge is 0.492 e. The van der Waals surface area contributed by atoms with Crippen LogP contribution in [0.25, 0.3) is 0 Å². The van der Waals surface area contributed by atoms with Crippen molar-refractivity contribution >= 4 is 23.5 Å². The van der Waals surface area contributed by atoms with Crippen LogP contribution in [0, 0.1) is 5.92 Å². The quantitative estimate of drug-likeness (QED) is 0.834. The Hall–Kier alpha value is -2.53. The molecule has 1 aliphatic heterocycles. The molecule has 0 saturated heterocycles. The number of rotatable bonds is 5. The van der Waals surface area contributed by atoms with Crippen molar-refractivity contribution in [3.63, 3.8) is 0 Å². The monoisotopic (exact) mass is 359 g/mol. The molecular weight excluding hydrogens is 342 g/mol. The Kier molecular flexibility index (Phi) is 5.56. The lowest BCUT2D eigenvalue weighted by molar-refractivity contribution is -0.153. The van der Waals surface area contributed by atoms with E-state index in [0.717, 1.165) is 16.9 Å². The van der Waals surface area contributed by atoms with Crippen LogP contribution in [0.5, 0.6) is 5.75 Å². The fraction of sp³-hybridized carbons (Fsp3) is 0.263. The van der Waals surface area contributed by atoms with E-state index < -0.39 is 11.9 Å². The molecule has 6 heteroatoms. The Labute approximate surface area is 150 Å². The maximum atomic E-state index is 12.1. The molecule has 5 nitrogen and oxygen atoms in total. The van der Waals surface area contributed by atoms with Crippen molar-refractivity contribution in [1.29, 1.82) is 0 Å². The molecule has 1 amide bonds. The molecule has 3 rings (SSSR count). The fourth-order valence-corrected chi connectivity index (χ4v) is 2.82. The van der Waals surface area contributed by atoms with Crippen LogP contribution in [0.2, 0.25) is 5.02 Å². The lowest BCUT2D eigenvalue weighted by Gasteiger charge is -2.23. The molecule has 1 atom stereocenters. The van der Waals surface area contributed by atoms with Gasteiger partial charge >= 0.3 is 5.97 Å². The average molecular weight is 360 g/mol. The second-order valence-electron chi connectivity index (χ2n) is 5.80. The predicted octanol–water partition coefficient (Wildman–Crippen LogP) is 2.75. The van der Waals surface area contributed by atoms with Crippen LogP contribution in [-0.4, -0.2) is 25.1 Å². The van der Waals surface area contributed by atoms with Crippen molar-refractivity contribution in [2.45, 2.75) is 13.0 Å². The van der Waals surface area contributed by atoms with Gasteiger partial charge in [0.15, 0.2) is 6.61 Å². The minimum atomic E-state index is -0.428. The Bertz CT molecular complexity index is 778. The van der Waals surface area contributed by atoms with Gasteiger partial charge in [-0.15, -0.1) is 0 Å². The first-order valence-corrected chi connectivity index (χ1v) is 8.38. The van der Waals surface area contributed by atoms with Crippen molar-refractivity contribution in [2.24, 2.45) is 5.92 Å². The molecule has 2 aromatic rings. The number of hydrogen-bond acceptors (Lipinski definition) is 4. The minimum absolute atomic E-state index is 0.261. The molecule has 2 aromatic carbocycles. The maximum absolute atomic E-state index is 12.1. The summed E-state index contributed by atoms with van der Waals surface area (Å²) in [6.45, 7) is 0.231. The predicted molar refractivity (Wildman–Crippen MR) is 93.4 cm³/mol. The molecule has 0 aliphatic carbocycles. The number of benzene rings is 2. The third-order valence-electron chi connectivity index (χ3n) is 3.99. The molecule has 1 unspecified atom stereocenters. The number of amides is 1. The first-order chi connectivity index (χ1) is 12.1. The molecule has 1 aliphatic rings. The number of para-hydroxylation sites is 1. The number of hydrogen-bond donors (Lipinski definition) is 1. The Morgan fingerprint density at radius 1 is 1.16 bits per heavy atom. The number of fused-ring (bicyclic) bond motifs is 1. The van der Waals surface area contributed by atoms with E-state index in [1.807, 2.05) is 42.5 Å². The van der Waals surface area contributed by atoms with Crippen LogP contribution < -0.4 is 10.1 Å². The first kappa shape index (κ1) is 17.3. The molecule has 1 heterocycles. The first-order valence-electron chi connectivity index (χ1n) is 8.01. The summed E-state index contributed by atoms with van der Waals surface area (Å²) >= 11 is 6.03. The number of halogens is 1. The Morgan fingerprint density at radius 2 is 1.92 bits per heavy atom. The van der Waals surface area contributed by atoms with Gasteiger partial charge in [-0.2, -0.15) is 0 Å². The highest BCUT2D eigenvalue weighted by Gasteiger charge is 2.27. The molecule has 25 heavy (non-hydrogen) atoms. The highest BCUT2D eigenvalue weighted by molar-refractivity contribution is 6.31. The van der Waals surface area contributed by atoms with E-state index in [1.54, 1.807) is 6.07 Å². The van der Waals surface area contributed by atoms with E-state index in [9.17, 15) is 9.59 Å². The summed E-state index contributed by atoms with van der Waals surface area (Å²) in [6, 6.07) is 14.8. The molecule has 1 N–H and O–H groups in total. The SMILES string of the molecule is O=C(COC(=O)C1COc2ccccc2C1)NCc1ccccc1Cl. The van der Waals surface area contributed by atoms with Gasteiger partial charge in [-0.25, -0.2) is 0 Å². The van der Waals surface area contributed by atoms with E-state index in [0.29, 0.717) is 11.4 Å². The number of nitrogens with one attached hydrogen (secondary N) is 1. The molecule has 0 fully saturated rings. The number of esters is 1. The van der Waals surface area contributed by atoms with E-state index in [4.69, 9.17) is 21.1 Å². The summed E-state index contributed by atoms with van der Waals surface area (Å²) in [6.07, 6.45) is 0.552. The summed E-state index contributed by atoms with van der Waals surface area (Å²) in [5, 5.41) is 3.26. The molecule has 0 aromatic heterocycles. The van der Waals surface area contributed by atoms with Gasteiger partial charge in [0.2, 0.25) is 0 Å². The van der Waals surface area contributed by atoms with Gasteiger partial charge < -0.3 is 14.8 Å².